The first-order valence-electron chi connectivity index (χ1n) is 6.99. The van der Waals surface area contributed by atoms with Crippen molar-refractivity contribution < 1.29 is 4.79 Å². The van der Waals surface area contributed by atoms with Crippen molar-refractivity contribution in [3.05, 3.63) is 64.1 Å². The molecule has 1 aliphatic rings. The van der Waals surface area contributed by atoms with E-state index in [1.54, 1.807) is 25.1 Å². The van der Waals surface area contributed by atoms with Crippen LogP contribution in [0.5, 0.6) is 0 Å². The number of para-hydroxylation sites is 1. The van der Waals surface area contributed by atoms with Crippen LogP contribution in [0.25, 0.3) is 0 Å². The molecule has 1 atom stereocenters. The van der Waals surface area contributed by atoms with Gasteiger partial charge in [0.2, 0.25) is 0 Å². The minimum Gasteiger partial charge on any atom is -0.273 e. The Morgan fingerprint density at radius 1 is 1.09 bits per heavy atom. The van der Waals surface area contributed by atoms with Gasteiger partial charge in [0.15, 0.2) is 6.04 Å². The van der Waals surface area contributed by atoms with Crippen molar-refractivity contribution >= 4 is 46.7 Å². The van der Waals surface area contributed by atoms with Crippen LogP contribution in [0.3, 0.4) is 0 Å². The first kappa shape index (κ1) is 15.7. The van der Waals surface area contributed by atoms with Crippen LogP contribution in [0.4, 0.5) is 5.69 Å². The van der Waals surface area contributed by atoms with Crippen LogP contribution in [-0.2, 0) is 4.79 Å². The van der Waals surface area contributed by atoms with E-state index in [0.717, 1.165) is 0 Å². The number of carbonyl (C=O) groups excluding carboxylic acids is 1. The Kier molecular flexibility index (Phi) is 4.46. The predicted molar refractivity (Wildman–Crippen MR) is 94.9 cm³/mol. The number of benzene rings is 2. The molecule has 0 fully saturated rings. The van der Waals surface area contributed by atoms with Crippen molar-refractivity contribution in [2.45, 2.75) is 13.0 Å². The molecule has 0 aromatic heterocycles. The molecular formula is C17H13Cl2N3O. The minimum atomic E-state index is -0.664. The number of nitrogens with zero attached hydrogens (tertiary/aromatic N) is 3. The van der Waals surface area contributed by atoms with E-state index < -0.39 is 6.04 Å². The van der Waals surface area contributed by atoms with Crippen LogP contribution in [-0.4, -0.2) is 23.9 Å². The SMILES string of the molecule is CC1=NN(c2ccccc2)C(=O)[C@H]1N=Cc1c(Cl)cccc1Cl. The van der Waals surface area contributed by atoms with Crippen molar-refractivity contribution in [3.63, 3.8) is 0 Å². The molecule has 0 saturated heterocycles. The number of anilines is 1. The summed E-state index contributed by atoms with van der Waals surface area (Å²) in [6.07, 6.45) is 1.53. The van der Waals surface area contributed by atoms with Gasteiger partial charge in [-0.25, -0.2) is 0 Å². The highest BCUT2D eigenvalue weighted by Crippen LogP contribution is 2.24. The summed E-state index contributed by atoms with van der Waals surface area (Å²) >= 11 is 12.2. The molecule has 0 radical (unpaired) electrons. The monoisotopic (exact) mass is 345 g/mol. The summed E-state index contributed by atoms with van der Waals surface area (Å²) in [6.45, 7) is 1.77. The topological polar surface area (TPSA) is 45.0 Å². The van der Waals surface area contributed by atoms with Gasteiger partial charge in [-0.1, -0.05) is 47.5 Å². The van der Waals surface area contributed by atoms with Gasteiger partial charge < -0.3 is 0 Å². The fraction of sp³-hybridized carbons (Fsp3) is 0.118. The third-order valence-corrected chi connectivity index (χ3v) is 4.11. The number of hydrogen-bond acceptors (Lipinski definition) is 3. The second-order valence-corrected chi connectivity index (χ2v) is 5.86. The lowest BCUT2D eigenvalue weighted by Crippen LogP contribution is -2.30. The zero-order valence-corrected chi connectivity index (χ0v) is 13.8. The molecule has 0 bridgehead atoms. The zero-order valence-electron chi connectivity index (χ0n) is 12.3. The Bertz CT molecular complexity index is 782. The van der Waals surface area contributed by atoms with Gasteiger partial charge in [-0.05, 0) is 31.2 Å². The van der Waals surface area contributed by atoms with Gasteiger partial charge in [0.1, 0.15) is 0 Å². The largest absolute Gasteiger partial charge is 0.278 e. The maximum absolute atomic E-state index is 12.5. The van der Waals surface area contributed by atoms with E-state index in [-0.39, 0.29) is 5.91 Å². The standard InChI is InChI=1S/C17H13Cl2N3O/c1-11-16(20-10-13-14(18)8-5-9-15(13)19)17(23)22(21-11)12-6-3-2-4-7-12/h2-10,16H,1H3/t16-/m0/s1. The number of aliphatic imine (C=N–C) groups is 1. The van der Waals surface area contributed by atoms with Gasteiger partial charge in [0.25, 0.3) is 5.91 Å². The van der Waals surface area contributed by atoms with E-state index >= 15 is 0 Å². The van der Waals surface area contributed by atoms with Crippen molar-refractivity contribution in [2.75, 3.05) is 5.01 Å². The second-order valence-electron chi connectivity index (χ2n) is 5.04. The lowest BCUT2D eigenvalue weighted by Gasteiger charge is -2.12. The van der Waals surface area contributed by atoms with Crippen LogP contribution < -0.4 is 5.01 Å². The third-order valence-electron chi connectivity index (χ3n) is 3.45. The Morgan fingerprint density at radius 2 is 1.74 bits per heavy atom. The Hall–Kier alpha value is -2.17. The molecule has 1 amide bonds. The lowest BCUT2D eigenvalue weighted by molar-refractivity contribution is -0.117. The lowest BCUT2D eigenvalue weighted by atomic mass is 10.2. The van der Waals surface area contributed by atoms with Gasteiger partial charge in [0, 0.05) is 11.8 Å². The molecule has 0 unspecified atom stereocenters. The molecule has 4 nitrogen and oxygen atoms in total. The molecule has 23 heavy (non-hydrogen) atoms. The first-order valence-corrected chi connectivity index (χ1v) is 7.75. The minimum absolute atomic E-state index is 0.201. The molecule has 0 aliphatic carbocycles. The van der Waals surface area contributed by atoms with Crippen LogP contribution in [0.15, 0.2) is 58.6 Å². The Balaban J connectivity index is 1.86. The molecule has 1 aliphatic heterocycles. The molecule has 2 aromatic carbocycles. The quantitative estimate of drug-likeness (QED) is 0.768. The van der Waals surface area contributed by atoms with Gasteiger partial charge in [-0.2, -0.15) is 10.1 Å². The summed E-state index contributed by atoms with van der Waals surface area (Å²) < 4.78 is 0. The number of rotatable bonds is 3. The number of amides is 1. The van der Waals surface area contributed by atoms with E-state index in [0.29, 0.717) is 27.0 Å². The summed E-state index contributed by atoms with van der Waals surface area (Å²) in [4.78, 5) is 16.9. The van der Waals surface area contributed by atoms with Crippen molar-refractivity contribution in [1.29, 1.82) is 0 Å². The van der Waals surface area contributed by atoms with Gasteiger partial charge in [-0.15, -0.1) is 0 Å². The average Bonchev–Trinajstić information content (AvgIpc) is 2.83. The fourth-order valence-electron chi connectivity index (χ4n) is 2.27. The maximum atomic E-state index is 12.5. The van der Waals surface area contributed by atoms with E-state index in [1.807, 2.05) is 30.3 Å². The van der Waals surface area contributed by atoms with E-state index in [9.17, 15) is 4.79 Å². The Labute approximate surface area is 144 Å². The highest BCUT2D eigenvalue weighted by Gasteiger charge is 2.33. The number of hydrogen-bond donors (Lipinski definition) is 0. The predicted octanol–water partition coefficient (Wildman–Crippen LogP) is 4.20. The van der Waals surface area contributed by atoms with Gasteiger partial charge in [-0.3, -0.25) is 9.79 Å². The van der Waals surface area contributed by atoms with E-state index in [4.69, 9.17) is 23.2 Å². The molecule has 2 aromatic rings. The van der Waals surface area contributed by atoms with Gasteiger partial charge >= 0.3 is 0 Å². The second kappa shape index (κ2) is 6.52. The molecule has 0 spiro atoms. The normalized spacial score (nSPS) is 17.9. The molecule has 3 rings (SSSR count). The summed E-state index contributed by atoms with van der Waals surface area (Å²) in [5, 5.41) is 6.64. The smallest absolute Gasteiger partial charge is 0.273 e. The first-order chi connectivity index (χ1) is 11.1. The highest BCUT2D eigenvalue weighted by atomic mass is 35.5. The number of hydrazone groups is 1. The number of carbonyl (C=O) groups is 1. The molecule has 116 valence electrons. The summed E-state index contributed by atoms with van der Waals surface area (Å²) in [6, 6.07) is 13.8. The van der Waals surface area contributed by atoms with E-state index in [2.05, 4.69) is 10.1 Å². The summed E-state index contributed by atoms with van der Waals surface area (Å²) in [5.74, 6) is -0.201. The van der Waals surface area contributed by atoms with Crippen LogP contribution >= 0.6 is 23.2 Å². The van der Waals surface area contributed by atoms with Crippen LogP contribution in [0, 0.1) is 0 Å². The molecular weight excluding hydrogens is 333 g/mol. The van der Waals surface area contributed by atoms with Gasteiger partial charge in [0.05, 0.1) is 21.4 Å². The van der Waals surface area contributed by atoms with E-state index in [1.165, 1.54) is 11.2 Å². The molecule has 0 saturated carbocycles. The summed E-state index contributed by atoms with van der Waals surface area (Å²) in [5.41, 5.74) is 1.93. The molecule has 6 heteroatoms. The number of halogens is 2. The zero-order chi connectivity index (χ0) is 16.4. The molecule has 1 heterocycles. The maximum Gasteiger partial charge on any atom is 0.278 e. The average molecular weight is 346 g/mol. The highest BCUT2D eigenvalue weighted by molar-refractivity contribution is 6.38. The van der Waals surface area contributed by atoms with Crippen LogP contribution in [0.1, 0.15) is 12.5 Å². The Morgan fingerprint density at radius 3 is 2.39 bits per heavy atom. The van der Waals surface area contributed by atoms with Crippen molar-refractivity contribution in [2.24, 2.45) is 10.1 Å². The van der Waals surface area contributed by atoms with Crippen molar-refractivity contribution in [3.8, 4) is 0 Å². The third kappa shape index (κ3) is 3.14. The van der Waals surface area contributed by atoms with Crippen molar-refractivity contribution in [1.82, 2.24) is 0 Å². The summed E-state index contributed by atoms with van der Waals surface area (Å²) in [7, 11) is 0. The molecule has 0 N–H and O–H groups in total. The fourth-order valence-corrected chi connectivity index (χ4v) is 2.76. The van der Waals surface area contributed by atoms with Crippen LogP contribution in [0.2, 0.25) is 10.0 Å².